The zero-order chi connectivity index (χ0) is 21.4. The molecular weight excluding hydrogens is 371 g/mol. The van der Waals surface area contributed by atoms with Crippen molar-refractivity contribution in [1.82, 2.24) is 0 Å². The SMILES string of the molecule is C=C(/C=C\C)/C(Pc1ccc(/C=C(\CC)C(=C)N)cc1)=C(\C)C1=CCC(N)CC1. The van der Waals surface area contributed by atoms with E-state index in [1.807, 2.05) is 6.92 Å². The highest BCUT2D eigenvalue weighted by Crippen LogP contribution is 2.37. The average Bonchev–Trinajstić information content (AvgIpc) is 2.71. The van der Waals surface area contributed by atoms with Crippen LogP contribution in [0, 0.1) is 0 Å². The van der Waals surface area contributed by atoms with E-state index in [2.05, 4.69) is 75.6 Å². The summed E-state index contributed by atoms with van der Waals surface area (Å²) >= 11 is 0. The third-order valence-corrected chi connectivity index (χ3v) is 6.88. The molecule has 1 aliphatic rings. The summed E-state index contributed by atoms with van der Waals surface area (Å²) < 4.78 is 0. The summed E-state index contributed by atoms with van der Waals surface area (Å²) in [6, 6.07) is 9.03. The van der Waals surface area contributed by atoms with Crippen LogP contribution in [0.15, 0.2) is 89.0 Å². The van der Waals surface area contributed by atoms with Crippen molar-refractivity contribution in [3.63, 3.8) is 0 Å². The van der Waals surface area contributed by atoms with Gasteiger partial charge >= 0.3 is 0 Å². The second-order valence-corrected chi connectivity index (χ2v) is 8.91. The van der Waals surface area contributed by atoms with Crippen LogP contribution in [0.3, 0.4) is 0 Å². The Labute approximate surface area is 178 Å². The zero-order valence-corrected chi connectivity index (χ0v) is 19.1. The molecule has 1 aliphatic carbocycles. The molecule has 0 radical (unpaired) electrons. The molecular formula is C26H35N2P. The van der Waals surface area contributed by atoms with Crippen LogP contribution in [0.4, 0.5) is 0 Å². The standard InChI is InChI=1S/C26H35N2P/c1-6-8-18(3)26(19(4)23-11-13-24(28)14-12-23)29-25-15-9-21(10-16-25)17-22(7-2)20(5)27/h6,8-11,15-17,24,29H,3,5,7,12-14,27-28H2,1-2,4H3/b8-6-,22-17+,26-19-. The lowest BCUT2D eigenvalue weighted by molar-refractivity contribution is 0.593. The van der Waals surface area contributed by atoms with Gasteiger partial charge in [-0.25, -0.2) is 0 Å². The maximum absolute atomic E-state index is 6.08. The predicted octanol–water partition coefficient (Wildman–Crippen LogP) is 6.10. The van der Waals surface area contributed by atoms with Gasteiger partial charge in [0.25, 0.3) is 0 Å². The van der Waals surface area contributed by atoms with Gasteiger partial charge in [-0.05, 0) is 84.1 Å². The lowest BCUT2D eigenvalue weighted by Crippen LogP contribution is -2.22. The first-order valence-corrected chi connectivity index (χ1v) is 11.4. The Morgan fingerprint density at radius 2 is 1.93 bits per heavy atom. The van der Waals surface area contributed by atoms with Gasteiger partial charge in [0.2, 0.25) is 0 Å². The molecule has 29 heavy (non-hydrogen) atoms. The zero-order valence-electron chi connectivity index (χ0n) is 18.1. The molecule has 3 heteroatoms. The normalized spacial score (nSPS) is 18.8. The highest BCUT2D eigenvalue weighted by molar-refractivity contribution is 7.52. The molecule has 0 heterocycles. The van der Waals surface area contributed by atoms with Crippen LogP contribution in [0.2, 0.25) is 0 Å². The van der Waals surface area contributed by atoms with Gasteiger partial charge in [0.15, 0.2) is 0 Å². The van der Waals surface area contributed by atoms with E-state index in [1.54, 1.807) is 0 Å². The Kier molecular flexibility index (Phi) is 8.89. The van der Waals surface area contributed by atoms with E-state index in [4.69, 9.17) is 11.5 Å². The molecule has 0 spiro atoms. The van der Waals surface area contributed by atoms with Gasteiger partial charge in [-0.1, -0.05) is 71.2 Å². The average molecular weight is 407 g/mol. The topological polar surface area (TPSA) is 52.0 Å². The highest BCUT2D eigenvalue weighted by atomic mass is 31.1. The first-order valence-electron chi connectivity index (χ1n) is 10.4. The number of rotatable bonds is 8. The summed E-state index contributed by atoms with van der Waals surface area (Å²) in [6.07, 6.45) is 12.6. The molecule has 1 aromatic carbocycles. The molecule has 2 unspecified atom stereocenters. The summed E-state index contributed by atoms with van der Waals surface area (Å²) in [6.45, 7) is 14.6. The maximum atomic E-state index is 6.08. The molecule has 0 fully saturated rings. The second-order valence-electron chi connectivity index (χ2n) is 7.58. The van der Waals surface area contributed by atoms with Gasteiger partial charge in [0.1, 0.15) is 0 Å². The van der Waals surface area contributed by atoms with Crippen molar-refractivity contribution in [2.45, 2.75) is 52.5 Å². The Bertz CT molecular complexity index is 866. The lowest BCUT2D eigenvalue weighted by atomic mass is 9.91. The summed E-state index contributed by atoms with van der Waals surface area (Å²) in [5.41, 5.74) is 18.7. The van der Waals surface area contributed by atoms with Gasteiger partial charge in [-0.3, -0.25) is 0 Å². The molecule has 154 valence electrons. The number of benzene rings is 1. The van der Waals surface area contributed by atoms with Crippen molar-refractivity contribution in [3.8, 4) is 0 Å². The van der Waals surface area contributed by atoms with Crippen molar-refractivity contribution in [2.24, 2.45) is 11.5 Å². The summed E-state index contributed by atoms with van der Waals surface area (Å²) in [5, 5.41) is 2.64. The smallest absolute Gasteiger partial charge is 0.0273 e. The van der Waals surface area contributed by atoms with Crippen LogP contribution in [-0.4, -0.2) is 6.04 Å². The van der Waals surface area contributed by atoms with E-state index >= 15 is 0 Å². The van der Waals surface area contributed by atoms with E-state index in [9.17, 15) is 0 Å². The van der Waals surface area contributed by atoms with Crippen LogP contribution < -0.4 is 16.8 Å². The molecule has 1 aromatic rings. The minimum Gasteiger partial charge on any atom is -0.399 e. The fraction of sp³-hybridized carbons (Fsp3) is 0.308. The molecule has 0 bridgehead atoms. The third kappa shape index (κ3) is 6.70. The molecule has 0 aliphatic heterocycles. The van der Waals surface area contributed by atoms with E-state index in [0.29, 0.717) is 20.3 Å². The second kappa shape index (κ2) is 11.1. The first-order chi connectivity index (χ1) is 13.8. The number of hydrogen-bond acceptors (Lipinski definition) is 2. The fourth-order valence-electron chi connectivity index (χ4n) is 3.48. The van der Waals surface area contributed by atoms with Crippen molar-refractivity contribution in [3.05, 3.63) is 94.5 Å². The maximum Gasteiger partial charge on any atom is 0.0273 e. The lowest BCUT2D eigenvalue weighted by Gasteiger charge is -2.22. The Balaban J connectivity index is 2.31. The van der Waals surface area contributed by atoms with E-state index in [1.165, 1.54) is 21.8 Å². The highest BCUT2D eigenvalue weighted by Gasteiger charge is 2.15. The molecule has 4 N–H and O–H groups in total. The van der Waals surface area contributed by atoms with Gasteiger partial charge in [0, 0.05) is 11.7 Å². The summed E-state index contributed by atoms with van der Waals surface area (Å²) in [7, 11) is 0.566. The Morgan fingerprint density at radius 1 is 1.24 bits per heavy atom. The number of hydrogen-bond donors (Lipinski definition) is 2. The summed E-state index contributed by atoms with van der Waals surface area (Å²) in [4.78, 5) is 0. The Hall–Kier alpha value is -2.15. The van der Waals surface area contributed by atoms with Crippen molar-refractivity contribution >= 4 is 20.0 Å². The van der Waals surface area contributed by atoms with Crippen molar-refractivity contribution in [1.29, 1.82) is 0 Å². The number of allylic oxidation sites excluding steroid dienone is 7. The Morgan fingerprint density at radius 3 is 2.45 bits per heavy atom. The fourth-order valence-corrected chi connectivity index (χ4v) is 4.70. The van der Waals surface area contributed by atoms with Crippen LogP contribution in [0.5, 0.6) is 0 Å². The largest absolute Gasteiger partial charge is 0.399 e. The monoisotopic (exact) mass is 406 g/mol. The molecule has 0 amide bonds. The molecule has 2 rings (SSSR count). The van der Waals surface area contributed by atoms with E-state index in [0.717, 1.165) is 42.4 Å². The minimum atomic E-state index is 0.300. The molecule has 0 saturated heterocycles. The van der Waals surface area contributed by atoms with Crippen LogP contribution in [0.25, 0.3) is 6.08 Å². The molecule has 2 nitrogen and oxygen atoms in total. The van der Waals surface area contributed by atoms with Crippen LogP contribution in [-0.2, 0) is 0 Å². The van der Waals surface area contributed by atoms with Crippen LogP contribution in [0.1, 0.15) is 52.0 Å². The van der Waals surface area contributed by atoms with Gasteiger partial charge in [0.05, 0.1) is 0 Å². The minimum absolute atomic E-state index is 0.300. The van der Waals surface area contributed by atoms with Crippen molar-refractivity contribution < 1.29 is 0 Å². The molecule has 0 aromatic heterocycles. The van der Waals surface area contributed by atoms with Crippen LogP contribution >= 0.6 is 8.58 Å². The predicted molar refractivity (Wildman–Crippen MR) is 133 cm³/mol. The molecule has 0 saturated carbocycles. The quantitative estimate of drug-likeness (QED) is 0.405. The van der Waals surface area contributed by atoms with E-state index < -0.39 is 0 Å². The summed E-state index contributed by atoms with van der Waals surface area (Å²) in [5.74, 6) is 0. The van der Waals surface area contributed by atoms with Gasteiger partial charge < -0.3 is 11.5 Å². The van der Waals surface area contributed by atoms with Gasteiger partial charge in [-0.15, -0.1) is 0 Å². The first kappa shape index (κ1) is 23.1. The number of nitrogens with two attached hydrogens (primary N) is 2. The van der Waals surface area contributed by atoms with Crippen molar-refractivity contribution in [2.75, 3.05) is 0 Å². The third-order valence-electron chi connectivity index (χ3n) is 5.31. The van der Waals surface area contributed by atoms with E-state index in [-0.39, 0.29) is 0 Å². The van der Waals surface area contributed by atoms with Gasteiger partial charge in [-0.2, -0.15) is 0 Å². The molecule has 2 atom stereocenters.